The smallest absolute Gasteiger partial charge is 0.0201 e. The van der Waals surface area contributed by atoms with Gasteiger partial charge in [0.2, 0.25) is 0 Å². The van der Waals surface area contributed by atoms with Crippen LogP contribution in [0.2, 0.25) is 0 Å². The SMILES string of the molecule is CCSC1CCCC1NC1CC2CCC1(C)C2(C)C. The van der Waals surface area contributed by atoms with Gasteiger partial charge in [0.15, 0.2) is 0 Å². The summed E-state index contributed by atoms with van der Waals surface area (Å²) in [5, 5.41) is 5.00. The van der Waals surface area contributed by atoms with Crippen molar-refractivity contribution in [1.29, 1.82) is 0 Å². The standard InChI is InChI=1S/C17H31NS/c1-5-19-14-8-6-7-13(14)18-15-11-12-9-10-17(15,4)16(12,2)3/h12-15,18H,5-11H2,1-4H3. The van der Waals surface area contributed by atoms with Crippen molar-refractivity contribution in [2.75, 3.05) is 5.75 Å². The van der Waals surface area contributed by atoms with Gasteiger partial charge in [-0.2, -0.15) is 11.8 Å². The van der Waals surface area contributed by atoms with Crippen LogP contribution in [0.25, 0.3) is 0 Å². The minimum atomic E-state index is 0.543. The third kappa shape index (κ3) is 2.09. The highest BCUT2D eigenvalue weighted by Gasteiger charge is 2.61. The van der Waals surface area contributed by atoms with E-state index in [1.165, 1.54) is 44.3 Å². The molecule has 3 saturated carbocycles. The van der Waals surface area contributed by atoms with Gasteiger partial charge < -0.3 is 5.32 Å². The fourth-order valence-electron chi connectivity index (χ4n) is 5.24. The van der Waals surface area contributed by atoms with Crippen LogP contribution in [0.4, 0.5) is 0 Å². The van der Waals surface area contributed by atoms with Gasteiger partial charge in [-0.05, 0) is 54.6 Å². The molecular formula is C17H31NS. The molecule has 3 rings (SSSR count). The van der Waals surface area contributed by atoms with Crippen molar-refractivity contribution in [3.63, 3.8) is 0 Å². The molecule has 0 aromatic rings. The van der Waals surface area contributed by atoms with Crippen LogP contribution in [0, 0.1) is 16.7 Å². The summed E-state index contributed by atoms with van der Waals surface area (Å²) in [6, 6.07) is 1.58. The van der Waals surface area contributed by atoms with Crippen LogP contribution in [-0.2, 0) is 0 Å². The molecule has 110 valence electrons. The fourth-order valence-corrected chi connectivity index (χ4v) is 6.45. The van der Waals surface area contributed by atoms with Crippen LogP contribution in [0.5, 0.6) is 0 Å². The summed E-state index contributed by atoms with van der Waals surface area (Å²) in [4.78, 5) is 0. The molecule has 0 aliphatic heterocycles. The second kappa shape index (κ2) is 4.94. The Morgan fingerprint density at radius 2 is 1.95 bits per heavy atom. The van der Waals surface area contributed by atoms with Gasteiger partial charge >= 0.3 is 0 Å². The Bertz CT molecular complexity index is 340. The third-order valence-corrected chi connectivity index (χ3v) is 8.37. The molecular weight excluding hydrogens is 250 g/mol. The van der Waals surface area contributed by atoms with Gasteiger partial charge in [-0.25, -0.2) is 0 Å². The highest BCUT2D eigenvalue weighted by atomic mass is 32.2. The van der Waals surface area contributed by atoms with Gasteiger partial charge in [0.25, 0.3) is 0 Å². The molecule has 0 aromatic heterocycles. The zero-order chi connectivity index (χ0) is 13.7. The molecule has 2 bridgehead atoms. The maximum Gasteiger partial charge on any atom is 0.0201 e. The first-order valence-electron chi connectivity index (χ1n) is 8.36. The van der Waals surface area contributed by atoms with Gasteiger partial charge in [-0.1, -0.05) is 34.1 Å². The van der Waals surface area contributed by atoms with Gasteiger partial charge in [-0.15, -0.1) is 0 Å². The molecule has 3 aliphatic carbocycles. The summed E-state index contributed by atoms with van der Waals surface area (Å²) in [6.07, 6.45) is 8.64. The van der Waals surface area contributed by atoms with E-state index in [0.717, 1.165) is 23.3 Å². The quantitative estimate of drug-likeness (QED) is 0.816. The van der Waals surface area contributed by atoms with Crippen LogP contribution in [-0.4, -0.2) is 23.1 Å². The van der Waals surface area contributed by atoms with E-state index >= 15 is 0 Å². The van der Waals surface area contributed by atoms with E-state index < -0.39 is 0 Å². The predicted molar refractivity (Wildman–Crippen MR) is 85.7 cm³/mol. The van der Waals surface area contributed by atoms with Gasteiger partial charge in [0.05, 0.1) is 0 Å². The van der Waals surface area contributed by atoms with Crippen molar-refractivity contribution in [2.45, 2.75) is 83.6 Å². The zero-order valence-electron chi connectivity index (χ0n) is 13.2. The summed E-state index contributed by atoms with van der Waals surface area (Å²) in [5.74, 6) is 2.24. The average Bonchev–Trinajstić information content (AvgIpc) is 2.93. The topological polar surface area (TPSA) is 12.0 Å². The van der Waals surface area contributed by atoms with Crippen molar-refractivity contribution in [3.05, 3.63) is 0 Å². The monoisotopic (exact) mass is 281 g/mol. The highest BCUT2D eigenvalue weighted by molar-refractivity contribution is 7.99. The van der Waals surface area contributed by atoms with Gasteiger partial charge in [-0.3, -0.25) is 0 Å². The lowest BCUT2D eigenvalue weighted by atomic mass is 9.69. The molecule has 0 saturated heterocycles. The summed E-state index contributed by atoms with van der Waals surface area (Å²) >= 11 is 2.19. The van der Waals surface area contributed by atoms with Gasteiger partial charge in [0.1, 0.15) is 0 Å². The second-order valence-electron chi connectivity index (χ2n) is 7.86. The summed E-state index contributed by atoms with van der Waals surface area (Å²) in [7, 11) is 0. The maximum atomic E-state index is 4.12. The molecule has 0 amide bonds. The molecule has 0 heterocycles. The van der Waals surface area contributed by atoms with Gasteiger partial charge in [0, 0.05) is 17.3 Å². The van der Waals surface area contributed by atoms with Crippen LogP contribution < -0.4 is 5.32 Å². The Labute approximate surface area is 123 Å². The minimum absolute atomic E-state index is 0.543. The number of nitrogens with one attached hydrogen (secondary N) is 1. The Morgan fingerprint density at radius 1 is 1.16 bits per heavy atom. The lowest BCUT2D eigenvalue weighted by molar-refractivity contribution is 0.116. The Hall–Kier alpha value is 0.310. The molecule has 5 unspecified atom stereocenters. The van der Waals surface area contributed by atoms with Crippen molar-refractivity contribution in [3.8, 4) is 0 Å². The number of hydrogen-bond acceptors (Lipinski definition) is 2. The van der Waals surface area contributed by atoms with E-state index in [2.05, 4.69) is 44.8 Å². The van der Waals surface area contributed by atoms with Crippen LogP contribution in [0.3, 0.4) is 0 Å². The van der Waals surface area contributed by atoms with E-state index in [1.54, 1.807) is 0 Å². The molecule has 0 spiro atoms. The molecule has 5 atom stereocenters. The molecule has 0 radical (unpaired) electrons. The van der Waals surface area contributed by atoms with Crippen molar-refractivity contribution < 1.29 is 0 Å². The molecule has 1 N–H and O–H groups in total. The Balaban J connectivity index is 1.68. The molecule has 19 heavy (non-hydrogen) atoms. The summed E-state index contributed by atoms with van der Waals surface area (Å²) in [6.45, 7) is 9.93. The average molecular weight is 282 g/mol. The number of rotatable bonds is 4. The third-order valence-electron chi connectivity index (χ3n) is 7.04. The lowest BCUT2D eigenvalue weighted by Gasteiger charge is -2.41. The van der Waals surface area contributed by atoms with E-state index in [-0.39, 0.29) is 0 Å². The summed E-state index contributed by atoms with van der Waals surface area (Å²) in [5.41, 5.74) is 1.10. The summed E-state index contributed by atoms with van der Waals surface area (Å²) < 4.78 is 0. The number of fused-ring (bicyclic) bond motifs is 2. The Kier molecular flexibility index (Phi) is 3.71. The molecule has 3 aliphatic rings. The maximum absolute atomic E-state index is 4.12. The fraction of sp³-hybridized carbons (Fsp3) is 1.00. The molecule has 0 aromatic carbocycles. The number of hydrogen-bond donors (Lipinski definition) is 1. The van der Waals surface area contributed by atoms with Crippen LogP contribution in [0.1, 0.15) is 66.2 Å². The number of thioether (sulfide) groups is 1. The Morgan fingerprint density at radius 3 is 2.53 bits per heavy atom. The van der Waals surface area contributed by atoms with Crippen molar-refractivity contribution >= 4 is 11.8 Å². The van der Waals surface area contributed by atoms with Crippen LogP contribution in [0.15, 0.2) is 0 Å². The highest BCUT2D eigenvalue weighted by Crippen LogP contribution is 2.65. The largest absolute Gasteiger partial charge is 0.310 e. The van der Waals surface area contributed by atoms with Crippen LogP contribution >= 0.6 is 11.8 Å². The predicted octanol–water partition coefficient (Wildman–Crippen LogP) is 4.47. The minimum Gasteiger partial charge on any atom is -0.310 e. The lowest BCUT2D eigenvalue weighted by Crippen LogP contribution is -2.50. The van der Waals surface area contributed by atoms with E-state index in [0.29, 0.717) is 10.8 Å². The first-order valence-corrected chi connectivity index (χ1v) is 9.41. The second-order valence-corrected chi connectivity index (χ2v) is 9.38. The first kappa shape index (κ1) is 14.3. The zero-order valence-corrected chi connectivity index (χ0v) is 14.0. The molecule has 1 nitrogen and oxygen atoms in total. The first-order chi connectivity index (χ1) is 8.99. The van der Waals surface area contributed by atoms with E-state index in [1.807, 2.05) is 0 Å². The molecule has 3 fully saturated rings. The van der Waals surface area contributed by atoms with Crippen molar-refractivity contribution in [2.24, 2.45) is 16.7 Å². The van der Waals surface area contributed by atoms with Crippen molar-refractivity contribution in [1.82, 2.24) is 5.32 Å². The van der Waals surface area contributed by atoms with E-state index in [9.17, 15) is 0 Å². The normalized spacial score (nSPS) is 48.0. The van der Waals surface area contributed by atoms with E-state index in [4.69, 9.17) is 0 Å². The molecule has 2 heteroatoms.